The first-order chi connectivity index (χ1) is 9.08. The number of hydrogen-bond donors (Lipinski definition) is 1. The summed E-state index contributed by atoms with van der Waals surface area (Å²) in [6, 6.07) is 6.89. The highest BCUT2D eigenvalue weighted by atomic mass is 35.5. The van der Waals surface area contributed by atoms with E-state index in [2.05, 4.69) is 0 Å². The number of rotatable bonds is 4. The fraction of sp³-hybridized carbons (Fsp3) is 0.286. The molecule has 102 valence electrons. The zero-order chi connectivity index (χ0) is 14.0. The topological polar surface area (TPSA) is 51.8 Å². The van der Waals surface area contributed by atoms with E-state index in [-0.39, 0.29) is 0 Å². The van der Waals surface area contributed by atoms with Gasteiger partial charge in [-0.2, -0.15) is 0 Å². The maximum absolute atomic E-state index is 10.3. The lowest BCUT2D eigenvalue weighted by atomic mass is 10.1. The van der Waals surface area contributed by atoms with E-state index in [0.29, 0.717) is 27.8 Å². The van der Waals surface area contributed by atoms with Crippen LogP contribution in [-0.4, -0.2) is 19.3 Å². The molecule has 0 fully saturated rings. The third kappa shape index (κ3) is 2.55. The molecule has 5 heteroatoms. The summed E-state index contributed by atoms with van der Waals surface area (Å²) in [4.78, 5) is 0. The number of aliphatic hydroxyl groups is 1. The number of furan rings is 1. The summed E-state index contributed by atoms with van der Waals surface area (Å²) in [6.07, 6.45) is -0.938. The SMILES string of the molecule is COc1ccc(C(O)c2ccc(C)o2)c(OC)c1Cl. The number of benzene rings is 1. The van der Waals surface area contributed by atoms with Gasteiger partial charge in [-0.3, -0.25) is 0 Å². The Morgan fingerprint density at radius 3 is 2.42 bits per heavy atom. The monoisotopic (exact) mass is 282 g/mol. The highest BCUT2D eigenvalue weighted by molar-refractivity contribution is 6.33. The van der Waals surface area contributed by atoms with Crippen LogP contribution in [0.25, 0.3) is 0 Å². The summed E-state index contributed by atoms with van der Waals surface area (Å²) in [5, 5.41) is 10.7. The molecule has 1 aromatic carbocycles. The normalized spacial score (nSPS) is 12.3. The van der Waals surface area contributed by atoms with E-state index in [1.807, 2.05) is 6.92 Å². The largest absolute Gasteiger partial charge is 0.495 e. The Morgan fingerprint density at radius 2 is 1.89 bits per heavy atom. The van der Waals surface area contributed by atoms with Crippen molar-refractivity contribution in [1.29, 1.82) is 0 Å². The summed E-state index contributed by atoms with van der Waals surface area (Å²) >= 11 is 6.16. The molecule has 1 unspecified atom stereocenters. The van der Waals surface area contributed by atoms with Crippen LogP contribution in [0.3, 0.4) is 0 Å². The highest BCUT2D eigenvalue weighted by Crippen LogP contribution is 2.41. The molecule has 0 aliphatic rings. The van der Waals surface area contributed by atoms with Crippen molar-refractivity contribution in [3.63, 3.8) is 0 Å². The number of hydrogen-bond acceptors (Lipinski definition) is 4. The molecule has 1 aromatic heterocycles. The number of halogens is 1. The van der Waals surface area contributed by atoms with E-state index in [0.717, 1.165) is 5.76 Å². The van der Waals surface area contributed by atoms with E-state index in [1.165, 1.54) is 14.2 Å². The Morgan fingerprint density at radius 1 is 1.16 bits per heavy atom. The summed E-state index contributed by atoms with van der Waals surface area (Å²) in [5.41, 5.74) is 0.530. The van der Waals surface area contributed by atoms with Crippen molar-refractivity contribution in [2.24, 2.45) is 0 Å². The minimum Gasteiger partial charge on any atom is -0.495 e. The standard InChI is InChI=1S/C14H15ClO4/c1-8-4-6-11(19-8)13(16)9-5-7-10(17-2)12(15)14(9)18-3/h4-7,13,16H,1-3H3. The molecule has 0 aliphatic heterocycles. The zero-order valence-corrected chi connectivity index (χ0v) is 11.7. The molecule has 1 heterocycles. The molecule has 0 bridgehead atoms. The second-order valence-electron chi connectivity index (χ2n) is 4.06. The molecule has 0 amide bonds. The number of ether oxygens (including phenoxy) is 2. The van der Waals surface area contributed by atoms with Gasteiger partial charge in [0, 0.05) is 5.56 Å². The van der Waals surface area contributed by atoms with Gasteiger partial charge in [-0.15, -0.1) is 0 Å². The minimum absolute atomic E-state index is 0.324. The van der Waals surface area contributed by atoms with Gasteiger partial charge in [0.2, 0.25) is 0 Å². The minimum atomic E-state index is -0.938. The van der Waals surface area contributed by atoms with Crippen LogP contribution >= 0.6 is 11.6 Å². The van der Waals surface area contributed by atoms with E-state index in [4.69, 9.17) is 25.5 Å². The van der Waals surface area contributed by atoms with Gasteiger partial charge in [-0.25, -0.2) is 0 Å². The van der Waals surface area contributed by atoms with E-state index >= 15 is 0 Å². The van der Waals surface area contributed by atoms with Gasteiger partial charge in [0.25, 0.3) is 0 Å². The van der Waals surface area contributed by atoms with Gasteiger partial charge in [0.05, 0.1) is 14.2 Å². The Balaban J connectivity index is 2.47. The fourth-order valence-electron chi connectivity index (χ4n) is 1.89. The van der Waals surface area contributed by atoms with Crippen LogP contribution in [-0.2, 0) is 0 Å². The van der Waals surface area contributed by atoms with Crippen LogP contribution in [0.15, 0.2) is 28.7 Å². The summed E-state index contributed by atoms with van der Waals surface area (Å²) < 4.78 is 15.8. The second-order valence-corrected chi connectivity index (χ2v) is 4.43. The molecule has 2 rings (SSSR count). The van der Waals surface area contributed by atoms with Crippen LogP contribution < -0.4 is 9.47 Å². The highest BCUT2D eigenvalue weighted by Gasteiger charge is 2.22. The van der Waals surface area contributed by atoms with Gasteiger partial charge >= 0.3 is 0 Å². The van der Waals surface area contributed by atoms with E-state index in [9.17, 15) is 5.11 Å². The van der Waals surface area contributed by atoms with Crippen LogP contribution in [0.2, 0.25) is 5.02 Å². The summed E-state index contributed by atoms with van der Waals surface area (Å²) in [5.74, 6) is 2.04. The fourth-order valence-corrected chi connectivity index (χ4v) is 2.21. The smallest absolute Gasteiger partial charge is 0.147 e. The van der Waals surface area contributed by atoms with Crippen LogP contribution in [0.1, 0.15) is 23.2 Å². The molecular formula is C14H15ClO4. The Bertz CT molecular complexity index is 577. The van der Waals surface area contributed by atoms with Crippen molar-refractivity contribution in [1.82, 2.24) is 0 Å². The maximum Gasteiger partial charge on any atom is 0.147 e. The van der Waals surface area contributed by atoms with Gasteiger partial charge in [0.1, 0.15) is 34.1 Å². The lowest BCUT2D eigenvalue weighted by Gasteiger charge is -2.16. The van der Waals surface area contributed by atoms with Gasteiger partial charge in [-0.05, 0) is 31.2 Å². The van der Waals surface area contributed by atoms with Crippen molar-refractivity contribution < 1.29 is 19.0 Å². The molecule has 1 atom stereocenters. The first-order valence-electron chi connectivity index (χ1n) is 5.73. The van der Waals surface area contributed by atoms with Crippen LogP contribution in [0.5, 0.6) is 11.5 Å². The number of aryl methyl sites for hydroxylation is 1. The average molecular weight is 283 g/mol. The lowest BCUT2D eigenvalue weighted by molar-refractivity contribution is 0.183. The Labute approximate surface area is 116 Å². The molecule has 0 radical (unpaired) electrons. The summed E-state index contributed by atoms with van der Waals surface area (Å²) in [6.45, 7) is 1.81. The molecule has 19 heavy (non-hydrogen) atoms. The third-order valence-electron chi connectivity index (χ3n) is 2.84. The quantitative estimate of drug-likeness (QED) is 0.934. The average Bonchev–Trinajstić information content (AvgIpc) is 2.84. The first kappa shape index (κ1) is 13.8. The zero-order valence-electron chi connectivity index (χ0n) is 10.9. The molecule has 0 saturated carbocycles. The molecule has 2 aromatic rings. The Hall–Kier alpha value is -1.65. The molecule has 1 N–H and O–H groups in total. The predicted molar refractivity (Wildman–Crippen MR) is 72.1 cm³/mol. The number of methoxy groups -OCH3 is 2. The van der Waals surface area contributed by atoms with Gasteiger partial charge in [-0.1, -0.05) is 11.6 Å². The number of aliphatic hydroxyl groups excluding tert-OH is 1. The van der Waals surface area contributed by atoms with Crippen LogP contribution in [0.4, 0.5) is 0 Å². The summed E-state index contributed by atoms with van der Waals surface area (Å²) in [7, 11) is 3.01. The maximum atomic E-state index is 10.3. The van der Waals surface area contributed by atoms with E-state index in [1.54, 1.807) is 24.3 Å². The van der Waals surface area contributed by atoms with Crippen molar-refractivity contribution >= 4 is 11.6 Å². The predicted octanol–water partition coefficient (Wildman–Crippen LogP) is 3.34. The van der Waals surface area contributed by atoms with Crippen molar-refractivity contribution in [3.05, 3.63) is 46.4 Å². The molecule has 0 spiro atoms. The molecule has 4 nitrogen and oxygen atoms in total. The lowest BCUT2D eigenvalue weighted by Crippen LogP contribution is -2.02. The third-order valence-corrected chi connectivity index (χ3v) is 3.20. The first-order valence-corrected chi connectivity index (χ1v) is 6.11. The van der Waals surface area contributed by atoms with E-state index < -0.39 is 6.10 Å². The van der Waals surface area contributed by atoms with Crippen molar-refractivity contribution in [2.45, 2.75) is 13.0 Å². The molecule has 0 aliphatic carbocycles. The van der Waals surface area contributed by atoms with Crippen molar-refractivity contribution in [3.8, 4) is 11.5 Å². The van der Waals surface area contributed by atoms with Crippen LogP contribution in [0, 0.1) is 6.92 Å². The van der Waals surface area contributed by atoms with Gasteiger partial charge in [0.15, 0.2) is 0 Å². The van der Waals surface area contributed by atoms with Crippen molar-refractivity contribution in [2.75, 3.05) is 14.2 Å². The Kier molecular flexibility index (Phi) is 4.02. The second kappa shape index (κ2) is 5.55. The molecule has 0 saturated heterocycles. The molecular weight excluding hydrogens is 268 g/mol. The van der Waals surface area contributed by atoms with Gasteiger partial charge < -0.3 is 19.0 Å².